The fourth-order valence-electron chi connectivity index (χ4n) is 3.92. The monoisotopic (exact) mass is 285 g/mol. The molecule has 1 nitrogen and oxygen atoms in total. The van der Waals surface area contributed by atoms with Gasteiger partial charge in [0.2, 0.25) is 0 Å². The highest BCUT2D eigenvalue weighted by atomic mass is 14.7. The molecule has 0 spiro atoms. The zero-order valence-electron chi connectivity index (χ0n) is 12.4. The van der Waals surface area contributed by atoms with Crippen LogP contribution in [0.3, 0.4) is 0 Å². The van der Waals surface area contributed by atoms with Gasteiger partial charge < -0.3 is 5.73 Å². The minimum Gasteiger partial charge on any atom is -0.324 e. The third kappa shape index (κ3) is 1.83. The van der Waals surface area contributed by atoms with Gasteiger partial charge >= 0.3 is 0 Å². The Morgan fingerprint density at radius 3 is 1.77 bits per heavy atom. The van der Waals surface area contributed by atoms with Crippen LogP contribution < -0.4 is 5.73 Å². The zero-order valence-corrected chi connectivity index (χ0v) is 12.4. The summed E-state index contributed by atoms with van der Waals surface area (Å²) < 4.78 is 0. The topological polar surface area (TPSA) is 26.0 Å². The van der Waals surface area contributed by atoms with E-state index in [1.807, 2.05) is 0 Å². The Labute approximate surface area is 131 Å². The first-order chi connectivity index (χ1) is 10.8. The molecule has 0 bridgehead atoms. The molecule has 0 amide bonds. The van der Waals surface area contributed by atoms with Crippen molar-refractivity contribution in [1.29, 1.82) is 0 Å². The lowest BCUT2D eigenvalue weighted by molar-refractivity contribution is 0.550. The Morgan fingerprint density at radius 2 is 1.18 bits per heavy atom. The maximum absolute atomic E-state index is 6.50. The van der Waals surface area contributed by atoms with Crippen LogP contribution in [0, 0.1) is 0 Å². The van der Waals surface area contributed by atoms with Gasteiger partial charge in [0.25, 0.3) is 0 Å². The number of hydrogen-bond donors (Lipinski definition) is 1. The highest BCUT2D eigenvalue weighted by molar-refractivity contribution is 5.57. The van der Waals surface area contributed by atoms with Gasteiger partial charge in [0.05, 0.1) is 0 Å². The van der Waals surface area contributed by atoms with Crippen LogP contribution in [0.1, 0.15) is 34.7 Å². The zero-order chi connectivity index (χ0) is 15.0. The molecule has 0 aliphatic heterocycles. The first-order valence-electron chi connectivity index (χ1n) is 7.78. The molecule has 0 saturated carbocycles. The van der Waals surface area contributed by atoms with E-state index >= 15 is 0 Å². The summed E-state index contributed by atoms with van der Waals surface area (Å²) >= 11 is 0. The summed E-state index contributed by atoms with van der Waals surface area (Å²) in [6.07, 6.45) is 0.917. The quantitative estimate of drug-likeness (QED) is 0.741. The van der Waals surface area contributed by atoms with Crippen LogP contribution in [0.5, 0.6) is 0 Å². The van der Waals surface area contributed by atoms with E-state index in [1.165, 1.54) is 22.3 Å². The summed E-state index contributed by atoms with van der Waals surface area (Å²) in [7, 11) is 0. The van der Waals surface area contributed by atoms with Crippen molar-refractivity contribution in [2.75, 3.05) is 0 Å². The molecule has 0 aromatic heterocycles. The minimum atomic E-state index is -0.140. The van der Waals surface area contributed by atoms with Crippen molar-refractivity contribution < 1.29 is 0 Å². The lowest BCUT2D eigenvalue weighted by Gasteiger charge is -2.32. The molecule has 3 aromatic carbocycles. The molecule has 1 aliphatic carbocycles. The molecule has 0 heterocycles. The van der Waals surface area contributed by atoms with Crippen molar-refractivity contribution in [3.8, 4) is 0 Å². The van der Waals surface area contributed by atoms with Crippen LogP contribution in [0.2, 0.25) is 0 Å². The van der Waals surface area contributed by atoms with Crippen LogP contribution in [0.4, 0.5) is 0 Å². The van der Waals surface area contributed by atoms with Crippen LogP contribution in [-0.4, -0.2) is 0 Å². The van der Waals surface area contributed by atoms with Gasteiger partial charge in [-0.15, -0.1) is 0 Å². The molecular weight excluding hydrogens is 266 g/mol. The molecule has 108 valence electrons. The van der Waals surface area contributed by atoms with Crippen LogP contribution in [0.25, 0.3) is 0 Å². The van der Waals surface area contributed by atoms with E-state index < -0.39 is 0 Å². The van der Waals surface area contributed by atoms with Crippen LogP contribution >= 0.6 is 0 Å². The summed E-state index contributed by atoms with van der Waals surface area (Å²) in [4.78, 5) is 0. The van der Waals surface area contributed by atoms with Crippen LogP contribution in [0.15, 0.2) is 84.9 Å². The minimum absolute atomic E-state index is 0.0802. The maximum atomic E-state index is 6.50. The molecule has 0 fully saturated rings. The number of fused-ring (bicyclic) bond motifs is 1. The van der Waals surface area contributed by atoms with Gasteiger partial charge in [-0.1, -0.05) is 84.9 Å². The average molecular weight is 285 g/mol. The Balaban J connectivity index is 2.04. The van der Waals surface area contributed by atoms with Gasteiger partial charge in [-0.3, -0.25) is 0 Å². The lowest BCUT2D eigenvalue weighted by atomic mass is 9.70. The summed E-state index contributed by atoms with van der Waals surface area (Å²) in [6, 6.07) is 30.2. The van der Waals surface area contributed by atoms with Gasteiger partial charge in [0, 0.05) is 11.5 Å². The molecular formula is C21H19N. The highest BCUT2D eigenvalue weighted by Gasteiger charge is 2.44. The number of benzene rings is 3. The molecule has 1 aliphatic rings. The van der Waals surface area contributed by atoms with E-state index in [1.54, 1.807) is 0 Å². The van der Waals surface area contributed by atoms with Crippen LogP contribution in [-0.2, 0) is 5.41 Å². The van der Waals surface area contributed by atoms with E-state index in [4.69, 9.17) is 5.73 Å². The molecule has 1 unspecified atom stereocenters. The normalized spacial score (nSPS) is 18.9. The van der Waals surface area contributed by atoms with Gasteiger partial charge in [-0.05, 0) is 28.7 Å². The molecule has 22 heavy (non-hydrogen) atoms. The second kappa shape index (κ2) is 5.11. The summed E-state index contributed by atoms with van der Waals surface area (Å²) in [5.41, 5.74) is 11.6. The molecule has 1 heteroatoms. The summed E-state index contributed by atoms with van der Waals surface area (Å²) in [6.45, 7) is 0. The van der Waals surface area contributed by atoms with Crippen molar-refractivity contribution in [3.63, 3.8) is 0 Å². The van der Waals surface area contributed by atoms with E-state index in [-0.39, 0.29) is 11.5 Å². The second-order valence-corrected chi connectivity index (χ2v) is 6.04. The molecule has 3 aromatic rings. The highest BCUT2D eigenvalue weighted by Crippen LogP contribution is 2.52. The van der Waals surface area contributed by atoms with Crippen molar-refractivity contribution >= 4 is 0 Å². The Morgan fingerprint density at radius 1 is 0.682 bits per heavy atom. The predicted molar refractivity (Wildman–Crippen MR) is 90.8 cm³/mol. The van der Waals surface area contributed by atoms with Gasteiger partial charge in [-0.2, -0.15) is 0 Å². The molecule has 1 atom stereocenters. The number of hydrogen-bond acceptors (Lipinski definition) is 1. The first kappa shape index (κ1) is 13.3. The van der Waals surface area contributed by atoms with Gasteiger partial charge in [0.15, 0.2) is 0 Å². The average Bonchev–Trinajstić information content (AvgIpc) is 2.91. The molecule has 0 saturated heterocycles. The smallest absolute Gasteiger partial charge is 0.0472 e. The van der Waals surface area contributed by atoms with Crippen molar-refractivity contribution in [2.24, 2.45) is 5.73 Å². The van der Waals surface area contributed by atoms with Crippen molar-refractivity contribution in [1.82, 2.24) is 0 Å². The third-order valence-electron chi connectivity index (χ3n) is 4.88. The SMILES string of the molecule is NC1CC(c2ccccc2)(c2ccccc2)c2ccccc21. The largest absolute Gasteiger partial charge is 0.324 e. The third-order valence-corrected chi connectivity index (χ3v) is 4.88. The molecule has 0 radical (unpaired) electrons. The van der Waals surface area contributed by atoms with E-state index in [2.05, 4.69) is 84.9 Å². The van der Waals surface area contributed by atoms with Crippen molar-refractivity contribution in [3.05, 3.63) is 107 Å². The summed E-state index contributed by atoms with van der Waals surface area (Å²) in [5.74, 6) is 0. The van der Waals surface area contributed by atoms with E-state index in [0.29, 0.717) is 0 Å². The first-order valence-corrected chi connectivity index (χ1v) is 7.78. The Kier molecular flexibility index (Phi) is 3.09. The van der Waals surface area contributed by atoms with E-state index in [9.17, 15) is 0 Å². The van der Waals surface area contributed by atoms with E-state index in [0.717, 1.165) is 6.42 Å². The number of rotatable bonds is 2. The summed E-state index contributed by atoms with van der Waals surface area (Å²) in [5, 5.41) is 0. The Hall–Kier alpha value is -2.38. The predicted octanol–water partition coefficient (Wildman–Crippen LogP) is 4.42. The fraction of sp³-hybridized carbons (Fsp3) is 0.143. The van der Waals surface area contributed by atoms with Gasteiger partial charge in [-0.25, -0.2) is 0 Å². The number of nitrogens with two attached hydrogens (primary N) is 1. The van der Waals surface area contributed by atoms with Gasteiger partial charge in [0.1, 0.15) is 0 Å². The maximum Gasteiger partial charge on any atom is 0.0472 e. The molecule has 2 N–H and O–H groups in total. The fourth-order valence-corrected chi connectivity index (χ4v) is 3.92. The molecule has 4 rings (SSSR count). The lowest BCUT2D eigenvalue weighted by Crippen LogP contribution is -2.27. The van der Waals surface area contributed by atoms with Crippen molar-refractivity contribution in [2.45, 2.75) is 17.9 Å². The Bertz CT molecular complexity index is 738. The standard InChI is InChI=1S/C21H19N/c22-20-15-21(16-9-3-1-4-10-16,17-11-5-2-6-12-17)19-14-8-7-13-18(19)20/h1-14,20H,15,22H2. The second-order valence-electron chi connectivity index (χ2n) is 6.04.